The predicted molar refractivity (Wildman–Crippen MR) is 88.0 cm³/mol. The lowest BCUT2D eigenvalue weighted by atomic mass is 10.2. The highest BCUT2D eigenvalue weighted by atomic mass is 19.1. The third kappa shape index (κ3) is 4.47. The fourth-order valence-electron chi connectivity index (χ4n) is 2.30. The van der Waals surface area contributed by atoms with E-state index in [1.165, 1.54) is 16.9 Å². The van der Waals surface area contributed by atoms with E-state index in [-0.39, 0.29) is 17.8 Å². The lowest BCUT2D eigenvalue weighted by Gasteiger charge is -2.09. The summed E-state index contributed by atoms with van der Waals surface area (Å²) in [5.41, 5.74) is 0.680. The Hall–Kier alpha value is -3.17. The summed E-state index contributed by atoms with van der Waals surface area (Å²) in [6, 6.07) is 5.51. The van der Waals surface area contributed by atoms with Gasteiger partial charge in [-0.25, -0.2) is 4.39 Å². The van der Waals surface area contributed by atoms with E-state index in [2.05, 4.69) is 30.9 Å². The SMILES string of the molecule is Cc1noc([C@H](C)NC(=O)CCCn2nnc(-c3ccc(F)cc3)n2)n1. The second-order valence-electron chi connectivity index (χ2n) is 5.79. The second kappa shape index (κ2) is 7.81. The van der Waals surface area contributed by atoms with E-state index in [0.717, 1.165) is 0 Å². The number of halogens is 1. The van der Waals surface area contributed by atoms with E-state index < -0.39 is 0 Å². The standard InChI is InChI=1S/C16H18FN7O2/c1-10(16-19-11(2)22-26-16)18-14(25)4-3-9-24-21-15(20-23-24)12-5-7-13(17)8-6-12/h5-8,10H,3-4,9H2,1-2H3,(H,18,25)/t10-/m0/s1. The summed E-state index contributed by atoms with van der Waals surface area (Å²) in [6.07, 6.45) is 0.839. The molecule has 0 radical (unpaired) electrons. The van der Waals surface area contributed by atoms with Gasteiger partial charge >= 0.3 is 0 Å². The van der Waals surface area contributed by atoms with Crippen LogP contribution in [0.2, 0.25) is 0 Å². The van der Waals surface area contributed by atoms with Crippen molar-refractivity contribution in [3.8, 4) is 11.4 Å². The Kier molecular flexibility index (Phi) is 5.30. The van der Waals surface area contributed by atoms with Crippen LogP contribution in [0.25, 0.3) is 11.4 Å². The number of hydrogen-bond acceptors (Lipinski definition) is 7. The highest BCUT2D eigenvalue weighted by Crippen LogP contribution is 2.14. The topological polar surface area (TPSA) is 112 Å². The summed E-state index contributed by atoms with van der Waals surface area (Å²) < 4.78 is 18.0. The number of benzene rings is 1. The molecule has 0 spiro atoms. The molecule has 0 aliphatic heterocycles. The summed E-state index contributed by atoms with van der Waals surface area (Å²) in [4.78, 5) is 17.5. The predicted octanol–water partition coefficient (Wildman–Crippen LogP) is 1.83. The minimum atomic E-state index is -0.349. The van der Waals surface area contributed by atoms with Crippen LogP contribution < -0.4 is 5.32 Å². The summed E-state index contributed by atoms with van der Waals surface area (Å²) in [5.74, 6) is 0.854. The molecule has 0 aliphatic rings. The normalized spacial score (nSPS) is 12.1. The van der Waals surface area contributed by atoms with Crippen LogP contribution in [-0.2, 0) is 11.3 Å². The maximum absolute atomic E-state index is 12.9. The second-order valence-corrected chi connectivity index (χ2v) is 5.79. The number of rotatable bonds is 7. The van der Waals surface area contributed by atoms with Crippen LogP contribution in [0.5, 0.6) is 0 Å². The Morgan fingerprint density at radius 1 is 1.35 bits per heavy atom. The van der Waals surface area contributed by atoms with Gasteiger partial charge in [-0.15, -0.1) is 10.2 Å². The molecule has 0 bridgehead atoms. The van der Waals surface area contributed by atoms with Crippen LogP contribution in [0.15, 0.2) is 28.8 Å². The van der Waals surface area contributed by atoms with Gasteiger partial charge in [-0.05, 0) is 49.7 Å². The van der Waals surface area contributed by atoms with Gasteiger partial charge in [0.1, 0.15) is 11.9 Å². The molecule has 3 aromatic rings. The van der Waals surface area contributed by atoms with E-state index >= 15 is 0 Å². The van der Waals surface area contributed by atoms with Crippen LogP contribution >= 0.6 is 0 Å². The lowest BCUT2D eigenvalue weighted by molar-refractivity contribution is -0.122. The summed E-state index contributed by atoms with van der Waals surface area (Å²) >= 11 is 0. The average molecular weight is 359 g/mol. The number of nitrogens with one attached hydrogen (secondary N) is 1. The Balaban J connectivity index is 1.46. The van der Waals surface area contributed by atoms with Crippen LogP contribution in [0.4, 0.5) is 4.39 Å². The van der Waals surface area contributed by atoms with Gasteiger partial charge in [0, 0.05) is 12.0 Å². The van der Waals surface area contributed by atoms with Gasteiger partial charge < -0.3 is 9.84 Å². The Labute approximate surface area is 148 Å². The van der Waals surface area contributed by atoms with Crippen LogP contribution in [0.1, 0.15) is 37.5 Å². The molecule has 0 unspecified atom stereocenters. The molecule has 3 rings (SSSR count). The number of carbonyl (C=O) groups is 1. The molecule has 1 aromatic carbocycles. The number of amides is 1. The molecule has 0 fully saturated rings. The molecule has 26 heavy (non-hydrogen) atoms. The zero-order valence-electron chi connectivity index (χ0n) is 14.4. The number of tetrazole rings is 1. The van der Waals surface area contributed by atoms with E-state index in [4.69, 9.17) is 4.52 Å². The number of carbonyl (C=O) groups excluding carboxylic acids is 1. The molecule has 0 aliphatic carbocycles. The van der Waals surface area contributed by atoms with Gasteiger partial charge in [0.05, 0.1) is 6.54 Å². The minimum absolute atomic E-state index is 0.132. The lowest BCUT2D eigenvalue weighted by Crippen LogP contribution is -2.27. The number of aryl methyl sites for hydroxylation is 2. The van der Waals surface area contributed by atoms with Gasteiger partial charge in [-0.1, -0.05) is 5.16 Å². The van der Waals surface area contributed by atoms with Crippen molar-refractivity contribution < 1.29 is 13.7 Å². The smallest absolute Gasteiger partial charge is 0.248 e. The van der Waals surface area contributed by atoms with Crippen molar-refractivity contribution in [1.29, 1.82) is 0 Å². The van der Waals surface area contributed by atoms with Gasteiger partial charge in [-0.2, -0.15) is 9.78 Å². The third-order valence-corrected chi connectivity index (χ3v) is 3.61. The first kappa shape index (κ1) is 17.6. The van der Waals surface area contributed by atoms with Gasteiger partial charge in [0.15, 0.2) is 5.82 Å². The fourth-order valence-corrected chi connectivity index (χ4v) is 2.30. The molecule has 0 saturated heterocycles. The first-order valence-corrected chi connectivity index (χ1v) is 8.14. The van der Waals surface area contributed by atoms with Crippen molar-refractivity contribution in [2.24, 2.45) is 0 Å². The molecule has 1 atom stereocenters. The van der Waals surface area contributed by atoms with Gasteiger partial charge in [-0.3, -0.25) is 4.79 Å². The Bertz CT molecular complexity index is 875. The largest absolute Gasteiger partial charge is 0.345 e. The van der Waals surface area contributed by atoms with Crippen molar-refractivity contribution in [3.63, 3.8) is 0 Å². The van der Waals surface area contributed by atoms with Crippen molar-refractivity contribution in [2.75, 3.05) is 0 Å². The summed E-state index contributed by atoms with van der Waals surface area (Å²) in [7, 11) is 0. The molecular weight excluding hydrogens is 341 g/mol. The van der Waals surface area contributed by atoms with Crippen molar-refractivity contribution >= 4 is 5.91 Å². The van der Waals surface area contributed by atoms with Crippen LogP contribution in [0.3, 0.4) is 0 Å². The number of hydrogen-bond donors (Lipinski definition) is 1. The minimum Gasteiger partial charge on any atom is -0.345 e. The number of aromatic nitrogens is 6. The highest BCUT2D eigenvalue weighted by Gasteiger charge is 2.15. The monoisotopic (exact) mass is 359 g/mol. The van der Waals surface area contributed by atoms with Crippen molar-refractivity contribution in [2.45, 2.75) is 39.3 Å². The first-order valence-electron chi connectivity index (χ1n) is 8.14. The molecule has 1 N–H and O–H groups in total. The zero-order valence-corrected chi connectivity index (χ0v) is 14.4. The van der Waals surface area contributed by atoms with Crippen molar-refractivity contribution in [3.05, 3.63) is 41.8 Å². The quantitative estimate of drug-likeness (QED) is 0.685. The summed E-state index contributed by atoms with van der Waals surface area (Å²) in [6.45, 7) is 3.93. The van der Waals surface area contributed by atoms with E-state index in [1.807, 2.05) is 0 Å². The average Bonchev–Trinajstić information content (AvgIpc) is 3.25. The maximum Gasteiger partial charge on any atom is 0.248 e. The number of nitrogens with zero attached hydrogens (tertiary/aromatic N) is 6. The molecule has 10 heteroatoms. The van der Waals surface area contributed by atoms with Gasteiger partial charge in [0.25, 0.3) is 0 Å². The van der Waals surface area contributed by atoms with E-state index in [0.29, 0.717) is 42.5 Å². The molecule has 1 amide bonds. The Morgan fingerprint density at radius 2 is 2.12 bits per heavy atom. The molecule has 0 saturated carbocycles. The fraction of sp³-hybridized carbons (Fsp3) is 0.375. The molecular formula is C16H18FN7O2. The zero-order chi connectivity index (χ0) is 18.5. The molecule has 2 aromatic heterocycles. The van der Waals surface area contributed by atoms with Crippen LogP contribution in [0, 0.1) is 12.7 Å². The highest BCUT2D eigenvalue weighted by molar-refractivity contribution is 5.76. The first-order chi connectivity index (χ1) is 12.5. The Morgan fingerprint density at radius 3 is 2.81 bits per heavy atom. The van der Waals surface area contributed by atoms with E-state index in [1.54, 1.807) is 26.0 Å². The van der Waals surface area contributed by atoms with E-state index in [9.17, 15) is 9.18 Å². The van der Waals surface area contributed by atoms with Gasteiger partial charge in [0.2, 0.25) is 17.6 Å². The molecule has 9 nitrogen and oxygen atoms in total. The van der Waals surface area contributed by atoms with Crippen molar-refractivity contribution in [1.82, 2.24) is 35.7 Å². The molecule has 136 valence electrons. The summed E-state index contributed by atoms with van der Waals surface area (Å²) in [5, 5.41) is 18.6. The molecule has 2 heterocycles. The maximum atomic E-state index is 12.9. The third-order valence-electron chi connectivity index (χ3n) is 3.61. The van der Waals surface area contributed by atoms with Crippen LogP contribution in [-0.4, -0.2) is 36.3 Å².